The van der Waals surface area contributed by atoms with Gasteiger partial charge in [-0.2, -0.15) is 0 Å². The number of hydrogen-bond acceptors (Lipinski definition) is 6. The highest BCUT2D eigenvalue weighted by Gasteiger charge is 2.24. The lowest BCUT2D eigenvalue weighted by Crippen LogP contribution is -2.49. The SMILES string of the molecule is Cc1cc(N2CCN(C(=O)c3cnccn3)CC2)nc(C(C)C)n1. The van der Waals surface area contributed by atoms with E-state index < -0.39 is 0 Å². The molecular formula is C17H22N6O. The summed E-state index contributed by atoms with van der Waals surface area (Å²) in [6.45, 7) is 8.97. The van der Waals surface area contributed by atoms with Crippen molar-refractivity contribution < 1.29 is 4.79 Å². The van der Waals surface area contributed by atoms with Crippen molar-refractivity contribution in [2.24, 2.45) is 0 Å². The van der Waals surface area contributed by atoms with E-state index in [1.54, 1.807) is 12.4 Å². The van der Waals surface area contributed by atoms with Gasteiger partial charge in [0.2, 0.25) is 0 Å². The number of carbonyl (C=O) groups excluding carboxylic acids is 1. The molecule has 7 heteroatoms. The van der Waals surface area contributed by atoms with Crippen LogP contribution in [0.1, 0.15) is 41.8 Å². The fraction of sp³-hybridized carbons (Fsp3) is 0.471. The number of anilines is 1. The molecule has 0 radical (unpaired) electrons. The molecule has 2 aromatic rings. The second-order valence-electron chi connectivity index (χ2n) is 6.25. The summed E-state index contributed by atoms with van der Waals surface area (Å²) in [5.41, 5.74) is 1.37. The summed E-state index contributed by atoms with van der Waals surface area (Å²) in [5, 5.41) is 0. The quantitative estimate of drug-likeness (QED) is 0.854. The third-order valence-corrected chi connectivity index (χ3v) is 4.05. The van der Waals surface area contributed by atoms with Crippen LogP contribution in [0, 0.1) is 6.92 Å². The maximum atomic E-state index is 12.4. The Hall–Kier alpha value is -2.57. The fourth-order valence-electron chi connectivity index (χ4n) is 2.70. The molecule has 0 aromatic carbocycles. The van der Waals surface area contributed by atoms with Crippen LogP contribution in [0.25, 0.3) is 0 Å². The number of amides is 1. The maximum Gasteiger partial charge on any atom is 0.274 e. The molecule has 1 saturated heterocycles. The predicted octanol–water partition coefficient (Wildman–Crippen LogP) is 1.66. The Bertz CT molecular complexity index is 710. The van der Waals surface area contributed by atoms with Gasteiger partial charge in [0.15, 0.2) is 0 Å². The van der Waals surface area contributed by atoms with E-state index in [1.807, 2.05) is 17.9 Å². The second kappa shape index (κ2) is 6.90. The van der Waals surface area contributed by atoms with Gasteiger partial charge in [0, 0.05) is 56.3 Å². The molecule has 1 aliphatic rings. The van der Waals surface area contributed by atoms with Crippen LogP contribution in [-0.4, -0.2) is 56.9 Å². The molecule has 7 nitrogen and oxygen atoms in total. The number of piperazine rings is 1. The number of carbonyl (C=O) groups is 1. The van der Waals surface area contributed by atoms with E-state index in [0.29, 0.717) is 24.7 Å². The smallest absolute Gasteiger partial charge is 0.274 e. The molecule has 126 valence electrons. The Morgan fingerprint density at radius 3 is 2.50 bits per heavy atom. The molecule has 1 aliphatic heterocycles. The molecule has 0 bridgehead atoms. The van der Waals surface area contributed by atoms with Crippen molar-refractivity contribution in [1.82, 2.24) is 24.8 Å². The summed E-state index contributed by atoms with van der Waals surface area (Å²) >= 11 is 0. The van der Waals surface area contributed by atoms with Crippen molar-refractivity contribution in [3.05, 3.63) is 41.9 Å². The summed E-state index contributed by atoms with van der Waals surface area (Å²) in [5.74, 6) is 2.04. The van der Waals surface area contributed by atoms with Crippen LogP contribution >= 0.6 is 0 Å². The molecular weight excluding hydrogens is 304 g/mol. The van der Waals surface area contributed by atoms with Gasteiger partial charge in [-0.1, -0.05) is 13.8 Å². The molecule has 1 amide bonds. The van der Waals surface area contributed by atoms with Crippen molar-refractivity contribution in [2.75, 3.05) is 31.1 Å². The Labute approximate surface area is 141 Å². The molecule has 0 spiro atoms. The van der Waals surface area contributed by atoms with Crippen LogP contribution in [0.3, 0.4) is 0 Å². The Kier molecular flexibility index (Phi) is 4.69. The largest absolute Gasteiger partial charge is 0.353 e. The zero-order valence-corrected chi connectivity index (χ0v) is 14.3. The topological polar surface area (TPSA) is 75.1 Å². The number of aryl methyl sites for hydroxylation is 1. The van der Waals surface area contributed by atoms with E-state index in [2.05, 4.69) is 38.7 Å². The fourth-order valence-corrected chi connectivity index (χ4v) is 2.70. The van der Waals surface area contributed by atoms with Crippen LogP contribution in [0.4, 0.5) is 5.82 Å². The first-order valence-electron chi connectivity index (χ1n) is 8.20. The molecule has 0 unspecified atom stereocenters. The Morgan fingerprint density at radius 1 is 1.12 bits per heavy atom. The monoisotopic (exact) mass is 326 g/mol. The van der Waals surface area contributed by atoms with Crippen LogP contribution in [0.5, 0.6) is 0 Å². The summed E-state index contributed by atoms with van der Waals surface area (Å²) in [6.07, 6.45) is 4.62. The number of rotatable bonds is 3. The summed E-state index contributed by atoms with van der Waals surface area (Å²) in [7, 11) is 0. The molecule has 3 rings (SSSR count). The van der Waals surface area contributed by atoms with E-state index in [-0.39, 0.29) is 5.91 Å². The lowest BCUT2D eigenvalue weighted by molar-refractivity contribution is 0.0740. The third kappa shape index (κ3) is 3.50. The van der Waals surface area contributed by atoms with E-state index >= 15 is 0 Å². The normalized spacial score (nSPS) is 15.0. The van der Waals surface area contributed by atoms with Gasteiger partial charge >= 0.3 is 0 Å². The van der Waals surface area contributed by atoms with Gasteiger partial charge in [-0.3, -0.25) is 9.78 Å². The first-order valence-corrected chi connectivity index (χ1v) is 8.20. The van der Waals surface area contributed by atoms with Gasteiger partial charge in [-0.15, -0.1) is 0 Å². The average molecular weight is 326 g/mol. The van der Waals surface area contributed by atoms with Crippen molar-refractivity contribution in [3.63, 3.8) is 0 Å². The predicted molar refractivity (Wildman–Crippen MR) is 91.0 cm³/mol. The molecule has 0 N–H and O–H groups in total. The number of aromatic nitrogens is 4. The second-order valence-corrected chi connectivity index (χ2v) is 6.25. The van der Waals surface area contributed by atoms with Gasteiger partial charge in [-0.05, 0) is 6.92 Å². The summed E-state index contributed by atoms with van der Waals surface area (Å²) < 4.78 is 0. The standard InChI is InChI=1S/C17H22N6O/c1-12(2)16-20-13(3)10-15(21-16)22-6-8-23(9-7-22)17(24)14-11-18-4-5-19-14/h4-5,10-12H,6-9H2,1-3H3. The molecule has 24 heavy (non-hydrogen) atoms. The van der Waals surface area contributed by atoms with Crippen LogP contribution in [0.15, 0.2) is 24.7 Å². The van der Waals surface area contributed by atoms with Crippen molar-refractivity contribution in [2.45, 2.75) is 26.7 Å². The van der Waals surface area contributed by atoms with Gasteiger partial charge in [-0.25, -0.2) is 15.0 Å². The molecule has 1 fully saturated rings. The molecule has 2 aromatic heterocycles. The Balaban J connectivity index is 1.68. The Morgan fingerprint density at radius 2 is 1.88 bits per heavy atom. The van der Waals surface area contributed by atoms with Gasteiger partial charge in [0.1, 0.15) is 17.3 Å². The summed E-state index contributed by atoms with van der Waals surface area (Å²) in [4.78, 5) is 33.7. The molecule has 0 aliphatic carbocycles. The number of hydrogen-bond donors (Lipinski definition) is 0. The van der Waals surface area contributed by atoms with Crippen molar-refractivity contribution in [1.29, 1.82) is 0 Å². The number of nitrogens with zero attached hydrogens (tertiary/aromatic N) is 6. The van der Waals surface area contributed by atoms with E-state index in [9.17, 15) is 4.79 Å². The zero-order valence-electron chi connectivity index (χ0n) is 14.3. The van der Waals surface area contributed by atoms with Crippen LogP contribution in [0.2, 0.25) is 0 Å². The van der Waals surface area contributed by atoms with E-state index in [1.165, 1.54) is 6.20 Å². The summed E-state index contributed by atoms with van der Waals surface area (Å²) in [6, 6.07) is 2.01. The van der Waals surface area contributed by atoms with Gasteiger partial charge < -0.3 is 9.80 Å². The van der Waals surface area contributed by atoms with E-state index in [4.69, 9.17) is 0 Å². The molecule has 0 saturated carbocycles. The molecule has 3 heterocycles. The maximum absolute atomic E-state index is 12.4. The van der Waals surface area contributed by atoms with Crippen LogP contribution in [-0.2, 0) is 0 Å². The zero-order chi connectivity index (χ0) is 17.1. The highest BCUT2D eigenvalue weighted by molar-refractivity contribution is 5.92. The highest BCUT2D eigenvalue weighted by atomic mass is 16.2. The third-order valence-electron chi connectivity index (χ3n) is 4.05. The molecule has 0 atom stereocenters. The first kappa shape index (κ1) is 16.3. The van der Waals surface area contributed by atoms with E-state index in [0.717, 1.165) is 30.4 Å². The van der Waals surface area contributed by atoms with Crippen LogP contribution < -0.4 is 4.90 Å². The lowest BCUT2D eigenvalue weighted by atomic mass is 10.2. The van der Waals surface area contributed by atoms with Gasteiger partial charge in [0.05, 0.1) is 6.20 Å². The highest BCUT2D eigenvalue weighted by Crippen LogP contribution is 2.19. The van der Waals surface area contributed by atoms with Crippen molar-refractivity contribution >= 4 is 11.7 Å². The minimum Gasteiger partial charge on any atom is -0.353 e. The van der Waals surface area contributed by atoms with Crippen molar-refractivity contribution in [3.8, 4) is 0 Å². The lowest BCUT2D eigenvalue weighted by Gasteiger charge is -2.35. The minimum atomic E-state index is -0.0653. The van der Waals surface area contributed by atoms with Gasteiger partial charge in [0.25, 0.3) is 5.91 Å². The first-order chi connectivity index (χ1) is 11.5. The minimum absolute atomic E-state index is 0.0653. The average Bonchev–Trinajstić information content (AvgIpc) is 2.61.